The third kappa shape index (κ3) is 3.10. The number of ether oxygens (including phenoxy) is 1. The zero-order valence-electron chi connectivity index (χ0n) is 11.8. The Bertz CT molecular complexity index is 413. The second-order valence-electron chi connectivity index (χ2n) is 5.84. The number of rotatable bonds is 3. The van der Waals surface area contributed by atoms with Crippen LogP contribution in [-0.4, -0.2) is 44.3 Å². The highest BCUT2D eigenvalue weighted by Gasteiger charge is 2.23. The summed E-state index contributed by atoms with van der Waals surface area (Å²) < 4.78 is 5.44. The third-order valence-corrected chi connectivity index (χ3v) is 4.49. The van der Waals surface area contributed by atoms with Crippen molar-refractivity contribution in [2.45, 2.75) is 25.4 Å². The molecule has 1 aromatic carbocycles. The molecular formula is C16H24N2O. The maximum atomic E-state index is 5.44. The SMILES string of the molecule is COC1CCN(CC2CNc3ccccc3C2)CC1. The quantitative estimate of drug-likeness (QED) is 0.903. The van der Waals surface area contributed by atoms with E-state index in [1.54, 1.807) is 0 Å². The first-order valence-corrected chi connectivity index (χ1v) is 7.42. The van der Waals surface area contributed by atoms with Gasteiger partial charge in [0.2, 0.25) is 0 Å². The summed E-state index contributed by atoms with van der Waals surface area (Å²) in [4.78, 5) is 2.61. The molecule has 2 heterocycles. The summed E-state index contributed by atoms with van der Waals surface area (Å²) in [5.41, 5.74) is 2.81. The Kier molecular flexibility index (Phi) is 4.04. The van der Waals surface area contributed by atoms with Crippen molar-refractivity contribution in [3.63, 3.8) is 0 Å². The lowest BCUT2D eigenvalue weighted by Gasteiger charge is -2.35. The standard InChI is InChI=1S/C16H24N2O/c1-19-15-6-8-18(9-7-15)12-13-10-14-4-2-3-5-16(14)17-11-13/h2-5,13,15,17H,6-12H2,1H3. The summed E-state index contributed by atoms with van der Waals surface area (Å²) in [6.45, 7) is 4.71. The number of nitrogens with zero attached hydrogens (tertiary/aromatic N) is 1. The molecule has 0 radical (unpaired) electrons. The van der Waals surface area contributed by atoms with Crippen LogP contribution in [0.2, 0.25) is 0 Å². The molecule has 0 spiro atoms. The van der Waals surface area contributed by atoms with Crippen molar-refractivity contribution in [3.8, 4) is 0 Å². The molecule has 1 N–H and O–H groups in total. The van der Waals surface area contributed by atoms with Gasteiger partial charge in [0.05, 0.1) is 6.10 Å². The summed E-state index contributed by atoms with van der Waals surface area (Å²) in [5, 5.41) is 3.57. The first-order chi connectivity index (χ1) is 9.35. The van der Waals surface area contributed by atoms with Gasteiger partial charge in [-0.3, -0.25) is 0 Å². The molecule has 19 heavy (non-hydrogen) atoms. The van der Waals surface area contributed by atoms with Crippen molar-refractivity contribution in [2.24, 2.45) is 5.92 Å². The van der Waals surface area contributed by atoms with Gasteiger partial charge in [0.15, 0.2) is 0 Å². The number of piperidine rings is 1. The predicted molar refractivity (Wildman–Crippen MR) is 78.6 cm³/mol. The van der Waals surface area contributed by atoms with E-state index in [4.69, 9.17) is 4.74 Å². The maximum absolute atomic E-state index is 5.44. The molecule has 1 aromatic rings. The van der Waals surface area contributed by atoms with Gasteiger partial charge in [0.1, 0.15) is 0 Å². The Labute approximate surface area is 115 Å². The molecule has 0 aromatic heterocycles. The first-order valence-electron chi connectivity index (χ1n) is 7.42. The molecule has 1 unspecified atom stereocenters. The van der Waals surface area contributed by atoms with E-state index in [9.17, 15) is 0 Å². The Morgan fingerprint density at radius 3 is 2.84 bits per heavy atom. The minimum Gasteiger partial charge on any atom is -0.384 e. The molecule has 104 valence electrons. The number of nitrogens with one attached hydrogen (secondary N) is 1. The summed E-state index contributed by atoms with van der Waals surface area (Å²) >= 11 is 0. The number of benzene rings is 1. The average Bonchev–Trinajstić information content (AvgIpc) is 2.48. The second kappa shape index (κ2) is 5.93. The molecule has 0 bridgehead atoms. The fraction of sp³-hybridized carbons (Fsp3) is 0.625. The van der Waals surface area contributed by atoms with Crippen LogP contribution in [0.4, 0.5) is 5.69 Å². The third-order valence-electron chi connectivity index (χ3n) is 4.49. The predicted octanol–water partition coefficient (Wildman–Crippen LogP) is 2.38. The maximum Gasteiger partial charge on any atom is 0.0595 e. The molecule has 0 saturated carbocycles. The Morgan fingerprint density at radius 1 is 1.26 bits per heavy atom. The van der Waals surface area contributed by atoms with Crippen molar-refractivity contribution in [1.29, 1.82) is 0 Å². The van der Waals surface area contributed by atoms with E-state index in [-0.39, 0.29) is 0 Å². The minimum atomic E-state index is 0.487. The Balaban J connectivity index is 1.52. The molecular weight excluding hydrogens is 236 g/mol. The Morgan fingerprint density at radius 2 is 2.05 bits per heavy atom. The number of fused-ring (bicyclic) bond motifs is 1. The van der Waals surface area contributed by atoms with Crippen molar-refractivity contribution in [3.05, 3.63) is 29.8 Å². The van der Waals surface area contributed by atoms with Gasteiger partial charge in [-0.25, -0.2) is 0 Å². The molecule has 3 heteroatoms. The van der Waals surface area contributed by atoms with E-state index >= 15 is 0 Å². The van der Waals surface area contributed by atoms with E-state index in [0.29, 0.717) is 6.10 Å². The normalized spacial score (nSPS) is 24.8. The van der Waals surface area contributed by atoms with Gasteiger partial charge in [-0.1, -0.05) is 18.2 Å². The highest BCUT2D eigenvalue weighted by molar-refractivity contribution is 5.53. The Hall–Kier alpha value is -1.06. The number of methoxy groups -OCH3 is 1. The van der Waals surface area contributed by atoms with Crippen LogP contribution in [0.25, 0.3) is 0 Å². The monoisotopic (exact) mass is 260 g/mol. The zero-order valence-corrected chi connectivity index (χ0v) is 11.8. The van der Waals surface area contributed by atoms with Gasteiger partial charge >= 0.3 is 0 Å². The number of para-hydroxylation sites is 1. The lowest BCUT2D eigenvalue weighted by atomic mass is 9.93. The lowest BCUT2D eigenvalue weighted by molar-refractivity contribution is 0.0369. The summed E-state index contributed by atoms with van der Waals surface area (Å²) in [7, 11) is 1.84. The summed E-state index contributed by atoms with van der Waals surface area (Å²) in [5.74, 6) is 0.744. The minimum absolute atomic E-state index is 0.487. The van der Waals surface area contributed by atoms with Gasteiger partial charge in [0, 0.05) is 39.0 Å². The van der Waals surface area contributed by atoms with Crippen molar-refractivity contribution in [2.75, 3.05) is 38.6 Å². The molecule has 2 aliphatic rings. The van der Waals surface area contributed by atoms with E-state index in [1.807, 2.05) is 7.11 Å². The lowest BCUT2D eigenvalue weighted by Crippen LogP contribution is -2.42. The first kappa shape index (κ1) is 12.9. The van der Waals surface area contributed by atoms with Crippen LogP contribution >= 0.6 is 0 Å². The molecule has 3 rings (SSSR count). The van der Waals surface area contributed by atoms with Gasteiger partial charge in [-0.15, -0.1) is 0 Å². The van der Waals surface area contributed by atoms with Crippen LogP contribution in [0, 0.1) is 5.92 Å². The topological polar surface area (TPSA) is 24.5 Å². The van der Waals surface area contributed by atoms with Crippen LogP contribution in [0.15, 0.2) is 24.3 Å². The smallest absolute Gasteiger partial charge is 0.0595 e. The number of hydrogen-bond acceptors (Lipinski definition) is 3. The van der Waals surface area contributed by atoms with Crippen LogP contribution in [0.3, 0.4) is 0 Å². The second-order valence-corrected chi connectivity index (χ2v) is 5.84. The van der Waals surface area contributed by atoms with E-state index in [2.05, 4.69) is 34.5 Å². The van der Waals surface area contributed by atoms with E-state index in [0.717, 1.165) is 12.5 Å². The summed E-state index contributed by atoms with van der Waals surface area (Å²) in [6.07, 6.45) is 4.08. The molecule has 1 atom stereocenters. The van der Waals surface area contributed by atoms with Gasteiger partial charge in [-0.05, 0) is 36.8 Å². The van der Waals surface area contributed by atoms with Crippen LogP contribution in [0.5, 0.6) is 0 Å². The highest BCUT2D eigenvalue weighted by Crippen LogP contribution is 2.25. The number of likely N-dealkylation sites (tertiary alicyclic amines) is 1. The van der Waals surface area contributed by atoms with Gasteiger partial charge in [-0.2, -0.15) is 0 Å². The van der Waals surface area contributed by atoms with E-state index in [1.165, 1.54) is 50.1 Å². The molecule has 0 aliphatic carbocycles. The molecule has 1 saturated heterocycles. The fourth-order valence-electron chi connectivity index (χ4n) is 3.33. The van der Waals surface area contributed by atoms with E-state index < -0.39 is 0 Å². The molecule has 1 fully saturated rings. The van der Waals surface area contributed by atoms with Crippen molar-refractivity contribution >= 4 is 5.69 Å². The zero-order chi connectivity index (χ0) is 13.1. The number of hydrogen-bond donors (Lipinski definition) is 1. The van der Waals surface area contributed by atoms with Gasteiger partial charge < -0.3 is 15.0 Å². The number of anilines is 1. The molecule has 3 nitrogen and oxygen atoms in total. The molecule has 2 aliphatic heterocycles. The van der Waals surface area contributed by atoms with Crippen LogP contribution in [-0.2, 0) is 11.2 Å². The van der Waals surface area contributed by atoms with Crippen molar-refractivity contribution < 1.29 is 4.74 Å². The van der Waals surface area contributed by atoms with Crippen molar-refractivity contribution in [1.82, 2.24) is 4.90 Å². The summed E-state index contributed by atoms with van der Waals surface area (Å²) in [6, 6.07) is 8.70. The van der Waals surface area contributed by atoms with Crippen LogP contribution in [0.1, 0.15) is 18.4 Å². The van der Waals surface area contributed by atoms with Gasteiger partial charge in [0.25, 0.3) is 0 Å². The highest BCUT2D eigenvalue weighted by atomic mass is 16.5. The van der Waals surface area contributed by atoms with Crippen LogP contribution < -0.4 is 5.32 Å². The molecule has 0 amide bonds. The largest absolute Gasteiger partial charge is 0.384 e. The average molecular weight is 260 g/mol. The fourth-order valence-corrected chi connectivity index (χ4v) is 3.33.